The summed E-state index contributed by atoms with van der Waals surface area (Å²) in [5.74, 6) is -1.71. The summed E-state index contributed by atoms with van der Waals surface area (Å²) < 4.78 is 6.64. The number of ether oxygens (including phenoxy) is 1. The van der Waals surface area contributed by atoms with Gasteiger partial charge in [-0.15, -0.1) is 13.2 Å². The molecule has 1 spiro atoms. The highest BCUT2D eigenvalue weighted by molar-refractivity contribution is 9.09. The first-order chi connectivity index (χ1) is 17.8. The second kappa shape index (κ2) is 12.0. The second-order valence-corrected chi connectivity index (χ2v) is 12.2. The molecule has 1 aliphatic carbocycles. The van der Waals surface area contributed by atoms with Crippen LogP contribution in [-0.2, 0) is 19.1 Å². The molecule has 8 nitrogen and oxygen atoms in total. The fourth-order valence-corrected chi connectivity index (χ4v) is 8.09. The number of nitrogens with zero attached hydrogens (tertiary/aromatic N) is 3. The molecule has 0 aromatic rings. The van der Waals surface area contributed by atoms with Crippen LogP contribution in [0.15, 0.2) is 25.3 Å². The van der Waals surface area contributed by atoms with Gasteiger partial charge in [-0.3, -0.25) is 14.4 Å². The van der Waals surface area contributed by atoms with E-state index in [1.165, 1.54) is 6.42 Å². The highest BCUT2D eigenvalue weighted by Gasteiger charge is 2.76. The molecule has 2 bridgehead atoms. The minimum atomic E-state index is -1.03. The maximum Gasteiger partial charge on any atom is 0.248 e. The molecule has 6 atom stereocenters. The molecule has 9 heteroatoms. The van der Waals surface area contributed by atoms with Crippen LogP contribution in [0.1, 0.15) is 57.8 Å². The summed E-state index contributed by atoms with van der Waals surface area (Å²) in [5.41, 5.74) is -1.03. The number of likely N-dealkylation sites (N-methyl/N-ethyl adjacent to an activating group) is 1. The highest BCUT2D eigenvalue weighted by Crippen LogP contribution is 2.60. The topological polar surface area (TPSA) is 90.4 Å². The van der Waals surface area contributed by atoms with E-state index in [0.29, 0.717) is 38.9 Å². The third-order valence-electron chi connectivity index (χ3n) is 8.77. The van der Waals surface area contributed by atoms with Crippen molar-refractivity contribution in [2.45, 2.75) is 86.4 Å². The summed E-state index contributed by atoms with van der Waals surface area (Å²) in [6, 6.07) is -0.649. The lowest BCUT2D eigenvalue weighted by atomic mass is 9.70. The molecule has 0 aromatic heterocycles. The van der Waals surface area contributed by atoms with Gasteiger partial charge in [0, 0.05) is 44.2 Å². The Bertz CT molecular complexity index is 893. The monoisotopic (exact) mass is 579 g/mol. The number of carbonyl (C=O) groups is 3. The van der Waals surface area contributed by atoms with Gasteiger partial charge in [-0.2, -0.15) is 0 Å². The van der Waals surface area contributed by atoms with Crippen molar-refractivity contribution in [3.63, 3.8) is 0 Å². The van der Waals surface area contributed by atoms with Crippen molar-refractivity contribution in [1.82, 2.24) is 14.7 Å². The van der Waals surface area contributed by atoms with Crippen molar-refractivity contribution in [2.24, 2.45) is 11.8 Å². The number of aliphatic hydroxyl groups is 1. The van der Waals surface area contributed by atoms with E-state index in [2.05, 4.69) is 29.1 Å². The Morgan fingerprint density at radius 2 is 1.84 bits per heavy atom. The van der Waals surface area contributed by atoms with E-state index in [4.69, 9.17) is 4.74 Å². The molecule has 1 saturated carbocycles. The van der Waals surface area contributed by atoms with Gasteiger partial charge >= 0.3 is 0 Å². The average Bonchev–Trinajstić information content (AvgIpc) is 3.48. The normalized spacial score (nSPS) is 32.9. The molecule has 0 aromatic carbocycles. The van der Waals surface area contributed by atoms with Crippen LogP contribution in [0.25, 0.3) is 0 Å². The molecule has 4 fully saturated rings. The van der Waals surface area contributed by atoms with Crippen molar-refractivity contribution in [2.75, 3.05) is 33.3 Å². The Morgan fingerprint density at radius 1 is 1.14 bits per heavy atom. The van der Waals surface area contributed by atoms with E-state index < -0.39 is 29.6 Å². The van der Waals surface area contributed by atoms with E-state index in [1.807, 2.05) is 4.90 Å². The predicted molar refractivity (Wildman–Crippen MR) is 145 cm³/mol. The van der Waals surface area contributed by atoms with E-state index in [1.54, 1.807) is 29.0 Å². The first kappa shape index (κ1) is 28.3. The Labute approximate surface area is 229 Å². The fourth-order valence-electron chi connectivity index (χ4n) is 7.15. The molecule has 4 aliphatic rings. The first-order valence-corrected chi connectivity index (χ1v) is 14.7. The molecule has 3 heterocycles. The van der Waals surface area contributed by atoms with Crippen molar-refractivity contribution in [1.29, 1.82) is 0 Å². The van der Waals surface area contributed by atoms with E-state index in [0.717, 1.165) is 32.1 Å². The minimum Gasteiger partial charge on any atom is -0.396 e. The maximum absolute atomic E-state index is 14.5. The predicted octanol–water partition coefficient (Wildman–Crippen LogP) is 2.89. The lowest BCUT2D eigenvalue weighted by Gasteiger charge is -2.41. The quantitative estimate of drug-likeness (QED) is 0.218. The zero-order valence-corrected chi connectivity index (χ0v) is 23.6. The van der Waals surface area contributed by atoms with Gasteiger partial charge < -0.3 is 24.5 Å². The summed E-state index contributed by atoms with van der Waals surface area (Å²) in [7, 11) is 1.72. The lowest BCUT2D eigenvalue weighted by molar-refractivity contribution is -0.150. The number of aliphatic hydroxyl groups excluding tert-OH is 1. The second-order valence-electron chi connectivity index (χ2n) is 11.1. The van der Waals surface area contributed by atoms with Crippen LogP contribution in [0.3, 0.4) is 0 Å². The SMILES string of the molecule is C=CCN(C)C(=O)[C@H]1[C@@H]2OC3(CC2Br)C(C(=O)N(CC=C)C2CCCCC2)N(CCCCCO)C(=O)[C@H]13. The number of carbonyl (C=O) groups excluding carboxylic acids is 3. The van der Waals surface area contributed by atoms with E-state index in [-0.39, 0.29) is 35.2 Å². The van der Waals surface area contributed by atoms with Gasteiger partial charge in [0.25, 0.3) is 0 Å². The van der Waals surface area contributed by atoms with Crippen LogP contribution in [0, 0.1) is 11.8 Å². The molecule has 206 valence electrons. The van der Waals surface area contributed by atoms with Crippen LogP contribution in [0.2, 0.25) is 0 Å². The Balaban J connectivity index is 1.71. The van der Waals surface area contributed by atoms with Crippen molar-refractivity contribution >= 4 is 33.7 Å². The number of unbranched alkanes of at least 4 members (excludes halogenated alkanes) is 2. The number of likely N-dealkylation sites (tertiary alicyclic amines) is 1. The summed E-state index contributed by atoms with van der Waals surface area (Å²) in [4.78, 5) is 47.3. The zero-order chi connectivity index (χ0) is 26.7. The summed E-state index contributed by atoms with van der Waals surface area (Å²) >= 11 is 3.74. The molecule has 3 saturated heterocycles. The number of amides is 3. The van der Waals surface area contributed by atoms with Crippen molar-refractivity contribution in [3.8, 4) is 0 Å². The number of hydrogen-bond acceptors (Lipinski definition) is 5. The van der Waals surface area contributed by atoms with Gasteiger partial charge in [0.15, 0.2) is 0 Å². The van der Waals surface area contributed by atoms with E-state index in [9.17, 15) is 19.5 Å². The third kappa shape index (κ3) is 5.03. The van der Waals surface area contributed by atoms with Crippen molar-refractivity contribution in [3.05, 3.63) is 25.3 Å². The summed E-state index contributed by atoms with van der Waals surface area (Å²) in [6.45, 7) is 8.97. The van der Waals surface area contributed by atoms with Gasteiger partial charge in [-0.1, -0.05) is 47.3 Å². The Kier molecular flexibility index (Phi) is 9.17. The van der Waals surface area contributed by atoms with Gasteiger partial charge in [0.1, 0.15) is 11.6 Å². The van der Waals surface area contributed by atoms with Gasteiger partial charge in [0.2, 0.25) is 17.7 Å². The van der Waals surface area contributed by atoms with Crippen LogP contribution < -0.4 is 0 Å². The molecule has 3 unspecified atom stereocenters. The number of hydrogen-bond donors (Lipinski definition) is 1. The molecule has 0 radical (unpaired) electrons. The highest BCUT2D eigenvalue weighted by atomic mass is 79.9. The molecule has 1 N–H and O–H groups in total. The number of alkyl halides is 1. The first-order valence-electron chi connectivity index (χ1n) is 13.8. The molecular weight excluding hydrogens is 538 g/mol. The average molecular weight is 581 g/mol. The van der Waals surface area contributed by atoms with Crippen LogP contribution >= 0.6 is 15.9 Å². The number of fused-ring (bicyclic) bond motifs is 1. The van der Waals surface area contributed by atoms with E-state index >= 15 is 0 Å². The van der Waals surface area contributed by atoms with Crippen LogP contribution in [0.4, 0.5) is 0 Å². The molecule has 4 rings (SSSR count). The molecular formula is C28H42BrN3O5. The summed E-state index contributed by atoms with van der Waals surface area (Å²) in [6.07, 6.45) is 10.8. The molecule has 37 heavy (non-hydrogen) atoms. The molecule has 3 aliphatic heterocycles. The summed E-state index contributed by atoms with van der Waals surface area (Å²) in [5, 5.41) is 9.24. The van der Waals surface area contributed by atoms with Gasteiger partial charge in [-0.05, 0) is 38.5 Å². The molecule has 3 amide bonds. The standard InChI is InChI=1S/C28H42BrN3O5/c1-4-14-30(3)25(34)21-22-26(35)32(16-10-7-11-17-33)24(28(22)18-20(29)23(21)37-28)27(36)31(15-5-2)19-12-8-6-9-13-19/h4-5,19-24,33H,1-2,6-18H2,3H3/t20?,21-,22+,23-,24?,28?/m1/s1. The smallest absolute Gasteiger partial charge is 0.248 e. The van der Waals surface area contributed by atoms with Crippen molar-refractivity contribution < 1.29 is 24.2 Å². The Morgan fingerprint density at radius 3 is 2.49 bits per heavy atom. The third-order valence-corrected chi connectivity index (χ3v) is 9.61. The van der Waals surface area contributed by atoms with Gasteiger partial charge in [0.05, 0.1) is 17.9 Å². The fraction of sp³-hybridized carbons (Fsp3) is 0.750. The number of halogens is 1. The Hall–Kier alpha value is -1.71. The maximum atomic E-state index is 14.5. The zero-order valence-electron chi connectivity index (χ0n) is 22.0. The largest absolute Gasteiger partial charge is 0.396 e. The van der Waals surface area contributed by atoms with Crippen LogP contribution in [0.5, 0.6) is 0 Å². The number of rotatable bonds is 12. The van der Waals surface area contributed by atoms with Crippen LogP contribution in [-0.4, -0.2) is 99.4 Å². The minimum absolute atomic E-state index is 0.0855. The van der Waals surface area contributed by atoms with Gasteiger partial charge in [-0.25, -0.2) is 0 Å². The lowest BCUT2D eigenvalue weighted by Crippen LogP contribution is -2.58.